The minimum Gasteiger partial charge on any atom is -0.324 e. The van der Waals surface area contributed by atoms with E-state index in [1.54, 1.807) is 18.2 Å². The number of rotatable bonds is 3. The molecule has 0 aliphatic heterocycles. The summed E-state index contributed by atoms with van der Waals surface area (Å²) in [5.74, 6) is -0.720. The zero-order chi connectivity index (χ0) is 14.0. The maximum atomic E-state index is 13.1. The highest BCUT2D eigenvalue weighted by molar-refractivity contribution is 9.10. The highest BCUT2D eigenvalue weighted by atomic mass is 79.9. The molecule has 100 valence electrons. The lowest BCUT2D eigenvalue weighted by atomic mass is 9.99. The number of hydrogen-bond donors (Lipinski definition) is 1. The van der Waals surface area contributed by atoms with Gasteiger partial charge in [-0.25, -0.2) is 8.78 Å². The Balaban J connectivity index is 2.20. The van der Waals surface area contributed by atoms with E-state index in [1.807, 2.05) is 0 Å². The molecule has 0 radical (unpaired) electrons. The van der Waals surface area contributed by atoms with Gasteiger partial charge in [-0.2, -0.15) is 0 Å². The van der Waals surface area contributed by atoms with Crippen LogP contribution < -0.4 is 5.73 Å². The van der Waals surface area contributed by atoms with Gasteiger partial charge in [0.25, 0.3) is 0 Å². The van der Waals surface area contributed by atoms with E-state index in [4.69, 9.17) is 17.3 Å². The van der Waals surface area contributed by atoms with Crippen molar-refractivity contribution in [2.75, 3.05) is 0 Å². The van der Waals surface area contributed by atoms with Crippen LogP contribution in [0.3, 0.4) is 0 Å². The van der Waals surface area contributed by atoms with Crippen LogP contribution in [0, 0.1) is 11.6 Å². The lowest BCUT2D eigenvalue weighted by Gasteiger charge is -2.14. The van der Waals surface area contributed by atoms with Crippen molar-refractivity contribution in [3.8, 4) is 0 Å². The van der Waals surface area contributed by atoms with Crippen LogP contribution in [0.15, 0.2) is 40.9 Å². The van der Waals surface area contributed by atoms with E-state index in [0.717, 1.165) is 5.56 Å². The summed E-state index contributed by atoms with van der Waals surface area (Å²) in [4.78, 5) is 0. The van der Waals surface area contributed by atoms with Crippen LogP contribution in [-0.4, -0.2) is 0 Å². The molecule has 19 heavy (non-hydrogen) atoms. The standard InChI is InChI=1S/C14H11BrClF2N/c15-11-5-8(1-4-13(11)18)6-14(19)10-3-2-9(17)7-12(10)16/h1-5,7,14H,6,19H2. The molecule has 0 amide bonds. The molecule has 0 aromatic heterocycles. The summed E-state index contributed by atoms with van der Waals surface area (Å²) in [5.41, 5.74) is 7.60. The van der Waals surface area contributed by atoms with E-state index in [-0.39, 0.29) is 11.9 Å². The Bertz CT molecular complexity index is 604. The third-order valence-electron chi connectivity index (χ3n) is 2.80. The van der Waals surface area contributed by atoms with E-state index >= 15 is 0 Å². The monoisotopic (exact) mass is 345 g/mol. The van der Waals surface area contributed by atoms with Crippen molar-refractivity contribution in [3.05, 3.63) is 68.7 Å². The molecule has 1 atom stereocenters. The highest BCUT2D eigenvalue weighted by Gasteiger charge is 2.12. The van der Waals surface area contributed by atoms with Gasteiger partial charge in [-0.3, -0.25) is 0 Å². The number of halogens is 4. The molecule has 0 aliphatic rings. The minimum atomic E-state index is -0.398. The van der Waals surface area contributed by atoms with Gasteiger partial charge in [0.2, 0.25) is 0 Å². The number of hydrogen-bond acceptors (Lipinski definition) is 1. The lowest BCUT2D eigenvalue weighted by molar-refractivity contribution is 0.617. The molecule has 2 rings (SSSR count). The Morgan fingerprint density at radius 1 is 1.16 bits per heavy atom. The molecule has 0 heterocycles. The van der Waals surface area contributed by atoms with Gasteiger partial charge in [-0.1, -0.05) is 23.7 Å². The third-order valence-corrected chi connectivity index (χ3v) is 3.74. The quantitative estimate of drug-likeness (QED) is 0.862. The van der Waals surface area contributed by atoms with Crippen molar-refractivity contribution < 1.29 is 8.78 Å². The molecule has 5 heteroatoms. The molecular weight excluding hydrogens is 336 g/mol. The molecule has 0 saturated carbocycles. The largest absolute Gasteiger partial charge is 0.324 e. The van der Waals surface area contributed by atoms with Crippen LogP contribution in [0.5, 0.6) is 0 Å². The SMILES string of the molecule is NC(Cc1ccc(F)c(Br)c1)c1ccc(F)cc1Cl. The zero-order valence-electron chi connectivity index (χ0n) is 9.84. The minimum absolute atomic E-state index is 0.300. The maximum Gasteiger partial charge on any atom is 0.137 e. The van der Waals surface area contributed by atoms with E-state index in [0.29, 0.717) is 21.5 Å². The van der Waals surface area contributed by atoms with E-state index < -0.39 is 5.82 Å². The first-order valence-corrected chi connectivity index (χ1v) is 6.79. The topological polar surface area (TPSA) is 26.0 Å². The normalized spacial score (nSPS) is 12.5. The van der Waals surface area contributed by atoms with Gasteiger partial charge in [-0.05, 0) is 57.7 Å². The molecule has 2 aromatic carbocycles. The summed E-state index contributed by atoms with van der Waals surface area (Å²) < 4.78 is 26.5. The second-order valence-electron chi connectivity index (χ2n) is 4.22. The molecule has 2 aromatic rings. The second kappa shape index (κ2) is 5.99. The first kappa shape index (κ1) is 14.4. The molecule has 0 aliphatic carbocycles. The van der Waals surface area contributed by atoms with Gasteiger partial charge in [0.15, 0.2) is 0 Å². The first-order chi connectivity index (χ1) is 8.97. The predicted octanol–water partition coefficient (Wildman–Crippen LogP) is 4.62. The third kappa shape index (κ3) is 3.53. The van der Waals surface area contributed by atoms with Crippen LogP contribution >= 0.6 is 27.5 Å². The average molecular weight is 347 g/mol. The first-order valence-electron chi connectivity index (χ1n) is 5.62. The van der Waals surface area contributed by atoms with Crippen molar-refractivity contribution in [1.82, 2.24) is 0 Å². The van der Waals surface area contributed by atoms with Gasteiger partial charge in [0.05, 0.1) is 4.47 Å². The van der Waals surface area contributed by atoms with Crippen molar-refractivity contribution in [1.29, 1.82) is 0 Å². The van der Waals surface area contributed by atoms with E-state index in [9.17, 15) is 8.78 Å². The molecule has 2 N–H and O–H groups in total. The summed E-state index contributed by atoms with van der Waals surface area (Å²) in [6.07, 6.45) is 0.490. The molecular formula is C14H11BrClF2N. The van der Waals surface area contributed by atoms with Crippen molar-refractivity contribution in [2.24, 2.45) is 5.73 Å². The molecule has 0 fully saturated rings. The van der Waals surface area contributed by atoms with Gasteiger partial charge < -0.3 is 5.73 Å². The Morgan fingerprint density at radius 3 is 2.53 bits per heavy atom. The highest BCUT2D eigenvalue weighted by Crippen LogP contribution is 2.26. The van der Waals surface area contributed by atoms with Crippen LogP contribution in [0.25, 0.3) is 0 Å². The molecule has 0 spiro atoms. The Kier molecular flexibility index (Phi) is 4.55. The zero-order valence-corrected chi connectivity index (χ0v) is 12.2. The number of benzene rings is 2. The molecule has 1 unspecified atom stereocenters. The van der Waals surface area contributed by atoms with Crippen molar-refractivity contribution in [2.45, 2.75) is 12.5 Å². The fourth-order valence-electron chi connectivity index (χ4n) is 1.83. The Hall–Kier alpha value is -0.970. The molecule has 1 nitrogen and oxygen atoms in total. The van der Waals surface area contributed by atoms with Gasteiger partial charge in [0, 0.05) is 11.1 Å². The molecule has 0 saturated heterocycles. The summed E-state index contributed by atoms with van der Waals surface area (Å²) in [6, 6.07) is 8.47. The maximum absolute atomic E-state index is 13.1. The van der Waals surface area contributed by atoms with Gasteiger partial charge in [0.1, 0.15) is 11.6 Å². The van der Waals surface area contributed by atoms with Crippen LogP contribution in [0.1, 0.15) is 17.2 Å². The van der Waals surface area contributed by atoms with E-state index in [1.165, 1.54) is 18.2 Å². The Morgan fingerprint density at radius 2 is 1.89 bits per heavy atom. The van der Waals surface area contributed by atoms with Crippen molar-refractivity contribution in [3.63, 3.8) is 0 Å². The fraction of sp³-hybridized carbons (Fsp3) is 0.143. The van der Waals surface area contributed by atoms with Crippen LogP contribution in [-0.2, 0) is 6.42 Å². The molecule has 0 bridgehead atoms. The fourth-order valence-corrected chi connectivity index (χ4v) is 2.57. The van der Waals surface area contributed by atoms with E-state index in [2.05, 4.69) is 15.9 Å². The van der Waals surface area contributed by atoms with Crippen molar-refractivity contribution >= 4 is 27.5 Å². The second-order valence-corrected chi connectivity index (χ2v) is 5.49. The number of nitrogens with two attached hydrogens (primary N) is 1. The average Bonchev–Trinajstić information content (AvgIpc) is 2.33. The summed E-state index contributed by atoms with van der Waals surface area (Å²) >= 11 is 9.08. The predicted molar refractivity (Wildman–Crippen MR) is 76.1 cm³/mol. The smallest absolute Gasteiger partial charge is 0.137 e. The van der Waals surface area contributed by atoms with Gasteiger partial charge in [-0.15, -0.1) is 0 Å². The van der Waals surface area contributed by atoms with Gasteiger partial charge >= 0.3 is 0 Å². The lowest BCUT2D eigenvalue weighted by Crippen LogP contribution is -2.14. The summed E-state index contributed by atoms with van der Waals surface area (Å²) in [6.45, 7) is 0. The summed E-state index contributed by atoms with van der Waals surface area (Å²) in [5, 5.41) is 0.300. The Labute approximate surface area is 123 Å². The summed E-state index contributed by atoms with van der Waals surface area (Å²) in [7, 11) is 0. The van der Waals surface area contributed by atoms with Crippen LogP contribution in [0.4, 0.5) is 8.78 Å². The van der Waals surface area contributed by atoms with Crippen LogP contribution in [0.2, 0.25) is 5.02 Å².